The van der Waals surface area contributed by atoms with E-state index in [-0.39, 0.29) is 5.91 Å². The lowest BCUT2D eigenvalue weighted by molar-refractivity contribution is -0.136. The number of rotatable bonds is 2. The number of hydrogen-bond acceptors (Lipinski definition) is 1. The zero-order chi connectivity index (χ0) is 7.72. The summed E-state index contributed by atoms with van der Waals surface area (Å²) in [7, 11) is 0. The van der Waals surface area contributed by atoms with E-state index in [9.17, 15) is 4.79 Å². The summed E-state index contributed by atoms with van der Waals surface area (Å²) in [6.07, 6.45) is 0.981. The summed E-state index contributed by atoms with van der Waals surface area (Å²) in [5, 5.41) is 2.90. The van der Waals surface area contributed by atoms with Crippen LogP contribution < -0.4 is 5.32 Å². The zero-order valence-electron chi connectivity index (χ0n) is 6.85. The van der Waals surface area contributed by atoms with E-state index in [1.54, 1.807) is 0 Å². The largest absolute Gasteiger partial charge is 0.352 e. The molecule has 2 atom stereocenters. The molecule has 0 unspecified atom stereocenters. The van der Waals surface area contributed by atoms with Gasteiger partial charge in [-0.3, -0.25) is 4.79 Å². The lowest BCUT2D eigenvalue weighted by Gasteiger charge is -2.39. The van der Waals surface area contributed by atoms with Crippen molar-refractivity contribution in [2.45, 2.75) is 33.2 Å². The Kier molecular flexibility index (Phi) is 1.97. The van der Waals surface area contributed by atoms with Crippen molar-refractivity contribution in [1.29, 1.82) is 0 Å². The van der Waals surface area contributed by atoms with Gasteiger partial charge in [-0.05, 0) is 12.3 Å². The van der Waals surface area contributed by atoms with Crippen LogP contribution in [0.5, 0.6) is 0 Å². The topological polar surface area (TPSA) is 29.1 Å². The molecule has 1 N–H and O–H groups in total. The van der Waals surface area contributed by atoms with Crippen LogP contribution in [0.3, 0.4) is 0 Å². The number of hydrogen-bond donors (Lipinski definition) is 1. The Morgan fingerprint density at radius 1 is 1.60 bits per heavy atom. The first-order chi connectivity index (χ1) is 4.66. The van der Waals surface area contributed by atoms with Gasteiger partial charge < -0.3 is 5.32 Å². The monoisotopic (exact) mass is 141 g/mol. The van der Waals surface area contributed by atoms with Crippen LogP contribution in [-0.2, 0) is 4.79 Å². The molecule has 1 saturated heterocycles. The van der Waals surface area contributed by atoms with E-state index in [1.165, 1.54) is 0 Å². The first kappa shape index (κ1) is 7.58. The van der Waals surface area contributed by atoms with Crippen LogP contribution >= 0.6 is 0 Å². The highest BCUT2D eigenvalue weighted by atomic mass is 16.2. The molecule has 0 aromatic rings. The van der Waals surface area contributed by atoms with Gasteiger partial charge in [0.15, 0.2) is 0 Å². The molecule has 1 heterocycles. The molecule has 1 aliphatic heterocycles. The van der Waals surface area contributed by atoms with Crippen molar-refractivity contribution in [3.63, 3.8) is 0 Å². The fourth-order valence-electron chi connectivity index (χ4n) is 1.51. The van der Waals surface area contributed by atoms with Crippen molar-refractivity contribution in [2.24, 2.45) is 11.8 Å². The number of nitrogens with one attached hydrogen (secondary N) is 1. The summed E-state index contributed by atoms with van der Waals surface area (Å²) in [5.41, 5.74) is 0. The SMILES string of the molecule is CC[C@H]1C(=O)N[C@H]1C(C)C. The predicted molar refractivity (Wildman–Crippen MR) is 40.5 cm³/mol. The second-order valence-electron chi connectivity index (χ2n) is 3.29. The molecule has 0 saturated carbocycles. The summed E-state index contributed by atoms with van der Waals surface area (Å²) in [4.78, 5) is 10.9. The highest BCUT2D eigenvalue weighted by Crippen LogP contribution is 2.24. The molecule has 0 bridgehead atoms. The molecule has 2 heteroatoms. The predicted octanol–water partition coefficient (Wildman–Crippen LogP) is 1.17. The van der Waals surface area contributed by atoms with Gasteiger partial charge in [0.25, 0.3) is 0 Å². The minimum Gasteiger partial charge on any atom is -0.352 e. The Hall–Kier alpha value is -0.530. The average Bonchev–Trinajstić information content (AvgIpc) is 1.83. The van der Waals surface area contributed by atoms with Crippen LogP contribution in [0.25, 0.3) is 0 Å². The average molecular weight is 141 g/mol. The first-order valence-electron chi connectivity index (χ1n) is 3.97. The maximum absolute atomic E-state index is 10.9. The van der Waals surface area contributed by atoms with Crippen molar-refractivity contribution < 1.29 is 4.79 Å². The van der Waals surface area contributed by atoms with E-state index in [4.69, 9.17) is 0 Å². The number of β-lactam (4-membered cyclic amide) rings is 1. The molecule has 0 aromatic heterocycles. The Morgan fingerprint density at radius 3 is 2.40 bits per heavy atom. The minimum absolute atomic E-state index is 0.237. The summed E-state index contributed by atoms with van der Waals surface area (Å²) < 4.78 is 0. The maximum atomic E-state index is 10.9. The molecule has 1 fully saturated rings. The Labute approximate surface area is 62.0 Å². The molecule has 0 spiro atoms. The third-order valence-corrected chi connectivity index (χ3v) is 2.24. The molecule has 10 heavy (non-hydrogen) atoms. The van der Waals surface area contributed by atoms with Gasteiger partial charge in [-0.25, -0.2) is 0 Å². The summed E-state index contributed by atoms with van der Waals surface area (Å²) in [6, 6.07) is 0.442. The molecule has 0 radical (unpaired) electrons. The van der Waals surface area contributed by atoms with Gasteiger partial charge in [-0.15, -0.1) is 0 Å². The number of amides is 1. The fourth-order valence-corrected chi connectivity index (χ4v) is 1.51. The molecular formula is C8H15NO. The van der Waals surface area contributed by atoms with Crippen molar-refractivity contribution in [3.8, 4) is 0 Å². The maximum Gasteiger partial charge on any atom is 0.225 e. The van der Waals surface area contributed by atoms with Crippen LogP contribution in [0, 0.1) is 11.8 Å². The van der Waals surface area contributed by atoms with Gasteiger partial charge in [0.1, 0.15) is 0 Å². The van der Waals surface area contributed by atoms with Crippen LogP contribution in [0.15, 0.2) is 0 Å². The van der Waals surface area contributed by atoms with Gasteiger partial charge >= 0.3 is 0 Å². The van der Waals surface area contributed by atoms with Gasteiger partial charge in [0.05, 0.1) is 5.92 Å². The quantitative estimate of drug-likeness (QED) is 0.574. The summed E-state index contributed by atoms with van der Waals surface area (Å²) in [6.45, 7) is 6.36. The van der Waals surface area contributed by atoms with Crippen molar-refractivity contribution in [3.05, 3.63) is 0 Å². The van der Waals surface area contributed by atoms with E-state index >= 15 is 0 Å². The molecule has 1 aliphatic rings. The third-order valence-electron chi connectivity index (χ3n) is 2.24. The molecular weight excluding hydrogens is 126 g/mol. The standard InChI is InChI=1S/C8H15NO/c1-4-6-7(5(2)3)9-8(6)10/h5-7H,4H2,1-3H3,(H,9,10)/t6-,7+/m1/s1. The lowest BCUT2D eigenvalue weighted by Crippen LogP contribution is -2.60. The van der Waals surface area contributed by atoms with Crippen LogP contribution in [0.4, 0.5) is 0 Å². The molecule has 58 valence electrons. The van der Waals surface area contributed by atoms with Crippen LogP contribution in [0.2, 0.25) is 0 Å². The molecule has 1 amide bonds. The Balaban J connectivity index is 2.45. The highest BCUT2D eigenvalue weighted by Gasteiger charge is 2.38. The second-order valence-corrected chi connectivity index (χ2v) is 3.29. The Bertz CT molecular complexity index is 142. The number of carbonyl (C=O) groups excluding carboxylic acids is 1. The van der Waals surface area contributed by atoms with Gasteiger partial charge in [-0.1, -0.05) is 20.8 Å². The fraction of sp³-hybridized carbons (Fsp3) is 0.875. The second kappa shape index (κ2) is 2.60. The van der Waals surface area contributed by atoms with E-state index in [0.29, 0.717) is 17.9 Å². The first-order valence-corrected chi connectivity index (χ1v) is 3.97. The summed E-state index contributed by atoms with van der Waals surface area (Å²) >= 11 is 0. The van der Waals surface area contributed by atoms with Gasteiger partial charge in [0.2, 0.25) is 5.91 Å². The van der Waals surface area contributed by atoms with E-state index in [0.717, 1.165) is 6.42 Å². The number of carbonyl (C=O) groups is 1. The molecule has 2 nitrogen and oxygen atoms in total. The van der Waals surface area contributed by atoms with E-state index in [2.05, 4.69) is 26.1 Å². The smallest absolute Gasteiger partial charge is 0.225 e. The van der Waals surface area contributed by atoms with Crippen molar-refractivity contribution in [2.75, 3.05) is 0 Å². The molecule has 1 rings (SSSR count). The van der Waals surface area contributed by atoms with Crippen LogP contribution in [-0.4, -0.2) is 11.9 Å². The zero-order valence-corrected chi connectivity index (χ0v) is 6.85. The van der Waals surface area contributed by atoms with E-state index in [1.807, 2.05) is 0 Å². The Morgan fingerprint density at radius 2 is 2.20 bits per heavy atom. The van der Waals surface area contributed by atoms with Gasteiger partial charge in [0, 0.05) is 6.04 Å². The molecule has 0 aromatic carbocycles. The molecule has 0 aliphatic carbocycles. The minimum atomic E-state index is 0.237. The van der Waals surface area contributed by atoms with E-state index < -0.39 is 0 Å². The normalized spacial score (nSPS) is 31.8. The van der Waals surface area contributed by atoms with Crippen molar-refractivity contribution in [1.82, 2.24) is 5.32 Å². The van der Waals surface area contributed by atoms with Crippen LogP contribution in [0.1, 0.15) is 27.2 Å². The summed E-state index contributed by atoms with van der Waals surface area (Å²) in [5.74, 6) is 1.11. The van der Waals surface area contributed by atoms with Crippen molar-refractivity contribution >= 4 is 5.91 Å². The third kappa shape index (κ3) is 1.02. The van der Waals surface area contributed by atoms with Gasteiger partial charge in [-0.2, -0.15) is 0 Å². The lowest BCUT2D eigenvalue weighted by atomic mass is 9.81. The highest BCUT2D eigenvalue weighted by molar-refractivity contribution is 5.85.